The zero-order chi connectivity index (χ0) is 11.1. The van der Waals surface area contributed by atoms with Gasteiger partial charge in [0.1, 0.15) is 5.69 Å². The fraction of sp³-hybridized carbons (Fsp3) is 0.444. The normalized spacial score (nSPS) is 11.2. The van der Waals surface area contributed by atoms with E-state index in [0.717, 1.165) is 11.7 Å². The third-order valence-corrected chi connectivity index (χ3v) is 1.80. The van der Waals surface area contributed by atoms with Crippen molar-refractivity contribution >= 4 is 5.96 Å². The topological polar surface area (TPSA) is 67.1 Å². The van der Waals surface area contributed by atoms with Crippen LogP contribution >= 0.6 is 0 Å². The van der Waals surface area contributed by atoms with Crippen LogP contribution in [0, 0.1) is 0 Å². The summed E-state index contributed by atoms with van der Waals surface area (Å²) in [5.41, 5.74) is 0.869. The van der Waals surface area contributed by atoms with Crippen LogP contribution in [0.25, 0.3) is 0 Å². The Kier molecular flexibility index (Phi) is 4.33. The van der Waals surface area contributed by atoms with Gasteiger partial charge in [0, 0.05) is 14.1 Å². The Morgan fingerprint density at radius 2 is 2.53 bits per heavy atom. The lowest BCUT2D eigenvalue weighted by atomic mass is 10.4. The molecule has 82 valence electrons. The minimum Gasteiger partial charge on any atom is -0.359 e. The molecule has 0 bridgehead atoms. The molecule has 0 unspecified atom stereocenters. The first-order valence-corrected chi connectivity index (χ1v) is 4.68. The average molecular weight is 208 g/mol. The minimum atomic E-state index is 0.602. The van der Waals surface area contributed by atoms with Crippen molar-refractivity contribution in [3.8, 4) is 0 Å². The largest absolute Gasteiger partial charge is 0.359 e. The SMILES string of the molecule is C=CCn1cc(CNC(=NC)NC)nn1. The summed E-state index contributed by atoms with van der Waals surface area (Å²) in [6, 6.07) is 0. The van der Waals surface area contributed by atoms with Crippen molar-refractivity contribution in [1.29, 1.82) is 0 Å². The van der Waals surface area contributed by atoms with Crippen LogP contribution in [0.4, 0.5) is 0 Å². The zero-order valence-electron chi connectivity index (χ0n) is 9.06. The highest BCUT2D eigenvalue weighted by Gasteiger charge is 2.00. The molecule has 0 saturated carbocycles. The number of rotatable bonds is 4. The molecule has 1 aromatic heterocycles. The van der Waals surface area contributed by atoms with Crippen LogP contribution < -0.4 is 10.6 Å². The van der Waals surface area contributed by atoms with Gasteiger partial charge in [0.2, 0.25) is 0 Å². The second-order valence-corrected chi connectivity index (χ2v) is 2.90. The number of aromatic nitrogens is 3. The van der Waals surface area contributed by atoms with Crippen LogP contribution in [0.2, 0.25) is 0 Å². The highest BCUT2D eigenvalue weighted by Crippen LogP contribution is 1.92. The van der Waals surface area contributed by atoms with Crippen LogP contribution in [-0.4, -0.2) is 35.0 Å². The van der Waals surface area contributed by atoms with Crippen LogP contribution in [0.1, 0.15) is 5.69 Å². The van der Waals surface area contributed by atoms with Gasteiger partial charge in [-0.25, -0.2) is 4.68 Å². The van der Waals surface area contributed by atoms with E-state index in [1.807, 2.05) is 13.2 Å². The Hall–Kier alpha value is -1.85. The number of guanidine groups is 1. The molecule has 1 aromatic rings. The summed E-state index contributed by atoms with van der Waals surface area (Å²) < 4.78 is 1.73. The van der Waals surface area contributed by atoms with E-state index < -0.39 is 0 Å². The van der Waals surface area contributed by atoms with E-state index in [1.54, 1.807) is 17.8 Å². The van der Waals surface area contributed by atoms with Crippen molar-refractivity contribution in [2.45, 2.75) is 13.1 Å². The van der Waals surface area contributed by atoms with Crippen molar-refractivity contribution in [1.82, 2.24) is 25.6 Å². The average Bonchev–Trinajstić information content (AvgIpc) is 2.68. The summed E-state index contributed by atoms with van der Waals surface area (Å²) in [4.78, 5) is 3.99. The molecular weight excluding hydrogens is 192 g/mol. The third-order valence-electron chi connectivity index (χ3n) is 1.80. The zero-order valence-corrected chi connectivity index (χ0v) is 9.06. The number of nitrogens with one attached hydrogen (secondary N) is 2. The maximum atomic E-state index is 4.00. The standard InChI is InChI=1S/C9H16N6/c1-4-5-15-7-8(13-14-15)6-12-9(10-2)11-3/h4,7H,1,5-6H2,2-3H3,(H2,10,11,12). The van der Waals surface area contributed by atoms with E-state index in [-0.39, 0.29) is 0 Å². The molecule has 0 saturated heterocycles. The molecule has 0 aliphatic carbocycles. The van der Waals surface area contributed by atoms with E-state index in [9.17, 15) is 0 Å². The summed E-state index contributed by atoms with van der Waals surface area (Å²) in [7, 11) is 3.53. The molecule has 1 heterocycles. The summed E-state index contributed by atoms with van der Waals surface area (Å²) in [6.07, 6.45) is 3.65. The van der Waals surface area contributed by atoms with Crippen LogP contribution in [0.5, 0.6) is 0 Å². The van der Waals surface area contributed by atoms with Gasteiger partial charge < -0.3 is 10.6 Å². The smallest absolute Gasteiger partial charge is 0.191 e. The molecule has 15 heavy (non-hydrogen) atoms. The molecule has 0 spiro atoms. The molecule has 0 radical (unpaired) electrons. The maximum Gasteiger partial charge on any atom is 0.191 e. The molecule has 0 aliphatic rings. The molecule has 2 N–H and O–H groups in total. The number of hydrogen-bond acceptors (Lipinski definition) is 3. The van der Waals surface area contributed by atoms with E-state index in [1.165, 1.54) is 0 Å². The quantitative estimate of drug-likeness (QED) is 0.407. The lowest BCUT2D eigenvalue weighted by Gasteiger charge is -2.05. The third kappa shape index (κ3) is 3.41. The van der Waals surface area contributed by atoms with Gasteiger partial charge in [-0.2, -0.15) is 0 Å². The lowest BCUT2D eigenvalue weighted by Crippen LogP contribution is -2.34. The van der Waals surface area contributed by atoms with E-state index in [2.05, 4.69) is 32.5 Å². The summed E-state index contributed by atoms with van der Waals surface area (Å²) in [5.74, 6) is 0.730. The first-order valence-electron chi connectivity index (χ1n) is 4.68. The Morgan fingerprint density at radius 1 is 1.73 bits per heavy atom. The Morgan fingerprint density at radius 3 is 3.13 bits per heavy atom. The molecule has 0 aromatic carbocycles. The number of hydrogen-bond donors (Lipinski definition) is 2. The Bertz CT molecular complexity index is 340. The van der Waals surface area contributed by atoms with Crippen LogP contribution in [-0.2, 0) is 13.1 Å². The van der Waals surface area contributed by atoms with Gasteiger partial charge in [0.15, 0.2) is 5.96 Å². The van der Waals surface area contributed by atoms with Gasteiger partial charge in [-0.05, 0) is 0 Å². The molecule has 6 heteroatoms. The highest BCUT2D eigenvalue weighted by atomic mass is 15.4. The number of allylic oxidation sites excluding steroid dienone is 1. The van der Waals surface area contributed by atoms with Crippen molar-refractivity contribution in [3.63, 3.8) is 0 Å². The summed E-state index contributed by atoms with van der Waals surface area (Å²) in [5, 5.41) is 13.9. The molecule has 6 nitrogen and oxygen atoms in total. The highest BCUT2D eigenvalue weighted by molar-refractivity contribution is 5.79. The molecule has 0 amide bonds. The van der Waals surface area contributed by atoms with E-state index in [0.29, 0.717) is 13.1 Å². The Balaban J connectivity index is 2.47. The summed E-state index contributed by atoms with van der Waals surface area (Å²) >= 11 is 0. The molecule has 0 atom stereocenters. The van der Waals surface area contributed by atoms with E-state index in [4.69, 9.17) is 0 Å². The minimum absolute atomic E-state index is 0.602. The van der Waals surface area contributed by atoms with Crippen LogP contribution in [0.3, 0.4) is 0 Å². The molecule has 0 fully saturated rings. The van der Waals surface area contributed by atoms with Gasteiger partial charge in [-0.1, -0.05) is 11.3 Å². The van der Waals surface area contributed by atoms with Gasteiger partial charge >= 0.3 is 0 Å². The molecule has 1 rings (SSSR count). The maximum absolute atomic E-state index is 4.00. The first-order chi connectivity index (χ1) is 7.30. The Labute approximate surface area is 89.1 Å². The molecule has 0 aliphatic heterocycles. The van der Waals surface area contributed by atoms with E-state index >= 15 is 0 Å². The van der Waals surface area contributed by atoms with Gasteiger partial charge in [0.05, 0.1) is 19.3 Å². The number of aliphatic imine (C=N–C) groups is 1. The van der Waals surface area contributed by atoms with Crippen molar-refractivity contribution in [3.05, 3.63) is 24.5 Å². The van der Waals surface area contributed by atoms with Crippen LogP contribution in [0.15, 0.2) is 23.8 Å². The lowest BCUT2D eigenvalue weighted by molar-refractivity contribution is 0.661. The summed E-state index contributed by atoms with van der Waals surface area (Å²) in [6.45, 7) is 4.91. The fourth-order valence-corrected chi connectivity index (χ4v) is 1.09. The number of nitrogens with zero attached hydrogens (tertiary/aromatic N) is 4. The predicted molar refractivity (Wildman–Crippen MR) is 59.5 cm³/mol. The monoisotopic (exact) mass is 208 g/mol. The van der Waals surface area contributed by atoms with Gasteiger partial charge in [-0.15, -0.1) is 11.7 Å². The second kappa shape index (κ2) is 5.79. The van der Waals surface area contributed by atoms with Crippen molar-refractivity contribution in [2.24, 2.45) is 4.99 Å². The van der Waals surface area contributed by atoms with Crippen molar-refractivity contribution in [2.75, 3.05) is 14.1 Å². The second-order valence-electron chi connectivity index (χ2n) is 2.90. The molecular formula is C9H16N6. The predicted octanol–water partition coefficient (Wildman–Crippen LogP) is -0.241. The van der Waals surface area contributed by atoms with Crippen molar-refractivity contribution < 1.29 is 0 Å². The van der Waals surface area contributed by atoms with Gasteiger partial charge in [-0.3, -0.25) is 4.99 Å². The fourth-order valence-electron chi connectivity index (χ4n) is 1.09. The van der Waals surface area contributed by atoms with Gasteiger partial charge in [0.25, 0.3) is 0 Å². The first kappa shape index (κ1) is 11.2.